The Bertz CT molecular complexity index is 460. The highest BCUT2D eigenvalue weighted by Crippen LogP contribution is 2.53. The molecule has 0 aliphatic heterocycles. The van der Waals surface area contributed by atoms with Crippen LogP contribution in [0.15, 0.2) is 55.1 Å². The second kappa shape index (κ2) is 6.51. The fourth-order valence-corrected chi connectivity index (χ4v) is 6.37. The highest BCUT2D eigenvalue weighted by molar-refractivity contribution is 8.11. The van der Waals surface area contributed by atoms with Crippen molar-refractivity contribution in [3.63, 3.8) is 0 Å². The molecule has 0 spiro atoms. The molecule has 18 heavy (non-hydrogen) atoms. The maximum atomic E-state index is 2.21. The molecule has 0 bridgehead atoms. The van der Waals surface area contributed by atoms with Crippen molar-refractivity contribution in [1.29, 1.82) is 0 Å². The number of allylic oxidation sites excluding steroid dienone is 7. The molecule has 0 aromatic rings. The highest BCUT2D eigenvalue weighted by Gasteiger charge is 2.29. The Morgan fingerprint density at radius 2 is 1.00 bits per heavy atom. The monoisotopic (exact) mass is 312 g/mol. The van der Waals surface area contributed by atoms with Gasteiger partial charge >= 0.3 is 0 Å². The van der Waals surface area contributed by atoms with E-state index in [-0.39, 0.29) is 0 Å². The van der Waals surface area contributed by atoms with Crippen molar-refractivity contribution < 1.29 is 0 Å². The standard InChI is InChI=1S/C14H16S4/c1-15-11-10(9-7-5-6-8-9)12(16-2)14(18-4)13(11)17-3/h5-8H,1-4H3. The van der Waals surface area contributed by atoms with E-state index >= 15 is 0 Å². The Morgan fingerprint density at radius 3 is 1.33 bits per heavy atom. The first-order valence-corrected chi connectivity index (χ1v) is 10.4. The van der Waals surface area contributed by atoms with Gasteiger partial charge in [0.25, 0.3) is 0 Å². The SMILES string of the molecule is CSC1=C(SC)C(=C2C=CC=C2)C(SC)=C1SC. The third-order valence-electron chi connectivity index (χ3n) is 2.84. The fraction of sp³-hybridized carbons (Fsp3) is 0.286. The summed E-state index contributed by atoms with van der Waals surface area (Å²) in [5.74, 6) is 0. The Morgan fingerprint density at radius 1 is 0.611 bits per heavy atom. The van der Waals surface area contributed by atoms with Crippen molar-refractivity contribution in [3.05, 3.63) is 55.1 Å². The van der Waals surface area contributed by atoms with Crippen molar-refractivity contribution in [3.8, 4) is 0 Å². The zero-order chi connectivity index (χ0) is 13.1. The van der Waals surface area contributed by atoms with Crippen LogP contribution in [0.4, 0.5) is 0 Å². The molecule has 0 N–H and O–H groups in total. The Hall–Kier alpha value is 0.1000. The highest BCUT2D eigenvalue weighted by atomic mass is 32.2. The lowest BCUT2D eigenvalue weighted by Gasteiger charge is -2.09. The van der Waals surface area contributed by atoms with E-state index in [9.17, 15) is 0 Å². The van der Waals surface area contributed by atoms with Crippen LogP contribution in [0.3, 0.4) is 0 Å². The largest absolute Gasteiger partial charge is 0.128 e. The van der Waals surface area contributed by atoms with Gasteiger partial charge in [-0.15, -0.1) is 47.0 Å². The van der Waals surface area contributed by atoms with Crippen LogP contribution in [0.25, 0.3) is 0 Å². The van der Waals surface area contributed by atoms with Gasteiger partial charge in [-0.2, -0.15) is 0 Å². The van der Waals surface area contributed by atoms with Crippen LogP contribution in [-0.2, 0) is 0 Å². The number of rotatable bonds is 4. The first-order valence-electron chi connectivity index (χ1n) is 5.53. The van der Waals surface area contributed by atoms with Gasteiger partial charge in [0.05, 0.1) is 0 Å². The van der Waals surface area contributed by atoms with E-state index in [1.54, 1.807) is 0 Å². The summed E-state index contributed by atoms with van der Waals surface area (Å²) in [6.07, 6.45) is 17.4. The molecule has 2 aliphatic carbocycles. The average molecular weight is 313 g/mol. The Labute approximate surface area is 127 Å². The first-order chi connectivity index (χ1) is 8.78. The molecule has 0 unspecified atom stereocenters. The maximum Gasteiger partial charge on any atom is 0.0359 e. The minimum atomic E-state index is 1.35. The lowest BCUT2D eigenvalue weighted by atomic mass is 10.1. The molecule has 0 saturated carbocycles. The summed E-state index contributed by atoms with van der Waals surface area (Å²) in [6.45, 7) is 0. The molecular weight excluding hydrogens is 296 g/mol. The molecule has 0 saturated heterocycles. The zero-order valence-electron chi connectivity index (χ0n) is 10.9. The first kappa shape index (κ1) is 14.5. The van der Waals surface area contributed by atoms with Crippen molar-refractivity contribution in [2.24, 2.45) is 0 Å². The summed E-state index contributed by atoms with van der Waals surface area (Å²) in [5.41, 5.74) is 2.77. The van der Waals surface area contributed by atoms with E-state index in [2.05, 4.69) is 49.3 Å². The lowest BCUT2D eigenvalue weighted by Crippen LogP contribution is -1.88. The van der Waals surface area contributed by atoms with Gasteiger partial charge in [-0.25, -0.2) is 0 Å². The molecule has 0 aromatic heterocycles. The molecule has 0 atom stereocenters. The van der Waals surface area contributed by atoms with Crippen LogP contribution in [0.1, 0.15) is 0 Å². The maximum absolute atomic E-state index is 2.21. The average Bonchev–Trinajstić information content (AvgIpc) is 3.01. The third kappa shape index (κ3) is 2.40. The van der Waals surface area contributed by atoms with Crippen LogP contribution in [0.2, 0.25) is 0 Å². The molecule has 0 fully saturated rings. The summed E-state index contributed by atoms with van der Waals surface area (Å²) in [6, 6.07) is 0. The van der Waals surface area contributed by atoms with Crippen LogP contribution in [0, 0.1) is 0 Å². The van der Waals surface area contributed by atoms with Crippen LogP contribution < -0.4 is 0 Å². The van der Waals surface area contributed by atoms with Gasteiger partial charge in [-0.1, -0.05) is 24.3 Å². The number of thioether (sulfide) groups is 4. The van der Waals surface area contributed by atoms with Crippen LogP contribution in [0.5, 0.6) is 0 Å². The summed E-state index contributed by atoms with van der Waals surface area (Å²) in [7, 11) is 0. The molecule has 0 heterocycles. The second-order valence-electron chi connectivity index (χ2n) is 3.68. The van der Waals surface area contributed by atoms with Gasteiger partial charge in [0.1, 0.15) is 0 Å². The van der Waals surface area contributed by atoms with Gasteiger partial charge in [0, 0.05) is 25.2 Å². The molecular formula is C14H16S4. The summed E-state index contributed by atoms with van der Waals surface area (Å²) >= 11 is 7.45. The zero-order valence-corrected chi connectivity index (χ0v) is 14.2. The van der Waals surface area contributed by atoms with Gasteiger partial charge in [0.15, 0.2) is 0 Å². The molecule has 2 rings (SSSR count). The molecule has 4 heteroatoms. The second-order valence-corrected chi connectivity index (χ2v) is 6.95. The van der Waals surface area contributed by atoms with E-state index in [0.717, 1.165) is 0 Å². The Kier molecular flexibility index (Phi) is 5.24. The van der Waals surface area contributed by atoms with E-state index in [0.29, 0.717) is 0 Å². The van der Waals surface area contributed by atoms with Crippen molar-refractivity contribution >= 4 is 47.0 Å². The molecule has 0 nitrogen and oxygen atoms in total. The third-order valence-corrected chi connectivity index (χ3v) is 6.49. The Balaban J connectivity index is 2.67. The molecule has 2 aliphatic rings. The van der Waals surface area contributed by atoms with E-state index in [1.807, 2.05) is 47.0 Å². The van der Waals surface area contributed by atoms with Crippen molar-refractivity contribution in [2.75, 3.05) is 25.0 Å². The molecule has 0 radical (unpaired) electrons. The quantitative estimate of drug-likeness (QED) is 0.690. The smallest absolute Gasteiger partial charge is 0.0359 e. The van der Waals surface area contributed by atoms with Gasteiger partial charge in [-0.3, -0.25) is 0 Å². The summed E-state index contributed by atoms with van der Waals surface area (Å²) in [4.78, 5) is 5.75. The molecule has 96 valence electrons. The minimum Gasteiger partial charge on any atom is -0.128 e. The predicted octanol–water partition coefficient (Wildman–Crippen LogP) is 5.30. The summed E-state index contributed by atoms with van der Waals surface area (Å²) in [5, 5.41) is 0. The van der Waals surface area contributed by atoms with Gasteiger partial charge in [-0.05, 0) is 30.6 Å². The van der Waals surface area contributed by atoms with Crippen LogP contribution in [-0.4, -0.2) is 25.0 Å². The fourth-order valence-electron chi connectivity index (χ4n) is 2.10. The van der Waals surface area contributed by atoms with Crippen LogP contribution >= 0.6 is 47.0 Å². The number of hydrogen-bond acceptors (Lipinski definition) is 4. The van der Waals surface area contributed by atoms with Crippen molar-refractivity contribution in [2.45, 2.75) is 0 Å². The van der Waals surface area contributed by atoms with Gasteiger partial charge in [0.2, 0.25) is 0 Å². The molecule has 0 aromatic carbocycles. The lowest BCUT2D eigenvalue weighted by molar-refractivity contribution is 1.59. The van der Waals surface area contributed by atoms with Gasteiger partial charge < -0.3 is 0 Å². The van der Waals surface area contributed by atoms with E-state index < -0.39 is 0 Å². The van der Waals surface area contributed by atoms with E-state index in [1.165, 1.54) is 30.8 Å². The normalized spacial score (nSPS) is 18.9. The number of hydrogen-bond donors (Lipinski definition) is 0. The van der Waals surface area contributed by atoms with Crippen molar-refractivity contribution in [1.82, 2.24) is 0 Å². The predicted molar refractivity (Wildman–Crippen MR) is 93.4 cm³/mol. The summed E-state index contributed by atoms with van der Waals surface area (Å²) < 4.78 is 0. The minimum absolute atomic E-state index is 1.35. The topological polar surface area (TPSA) is 0 Å². The van der Waals surface area contributed by atoms with E-state index in [4.69, 9.17) is 0 Å². The molecule has 0 amide bonds.